The predicted molar refractivity (Wildman–Crippen MR) is 350 cm³/mol. The number of halogens is 3. The molecule has 6 N–H and O–H groups in total. The Balaban J connectivity index is 0.000000140. The van der Waals surface area contributed by atoms with E-state index < -0.39 is 21.7 Å². The van der Waals surface area contributed by atoms with E-state index in [1.54, 1.807) is 32.9 Å². The smallest absolute Gasteiger partial charge is 0.229 e. The van der Waals surface area contributed by atoms with Gasteiger partial charge >= 0.3 is 0 Å². The fourth-order valence-corrected chi connectivity index (χ4v) is 10.8. The van der Waals surface area contributed by atoms with Crippen molar-refractivity contribution in [2.24, 2.45) is 0 Å². The van der Waals surface area contributed by atoms with E-state index in [0.717, 1.165) is 118 Å². The normalized spacial score (nSPS) is 12.2. The molecule has 0 saturated carbocycles. The molecule has 1 unspecified atom stereocenters. The number of para-hydroxylation sites is 1. The van der Waals surface area contributed by atoms with Gasteiger partial charge in [0, 0.05) is 20.6 Å². The quantitative estimate of drug-likeness (QED) is 0.0667. The van der Waals surface area contributed by atoms with Gasteiger partial charge in [0.05, 0.1) is 56.7 Å². The number of aliphatic hydroxyl groups excluding tert-OH is 1. The second-order valence-corrected chi connectivity index (χ2v) is 23.6. The minimum absolute atomic E-state index is 0.519. The summed E-state index contributed by atoms with van der Waals surface area (Å²) in [5.74, 6) is 2.29. The van der Waals surface area contributed by atoms with Gasteiger partial charge in [0.2, 0.25) is 10.0 Å². The van der Waals surface area contributed by atoms with Crippen molar-refractivity contribution >= 4 is 120 Å². The Hall–Kier alpha value is -8.85. The number of aromatic amines is 3. The first-order valence-electron chi connectivity index (χ1n) is 26.8. The maximum absolute atomic E-state index is 11.7. The number of hydrogen-bond acceptors (Lipinski definition) is 7. The van der Waals surface area contributed by atoms with Gasteiger partial charge in [0.25, 0.3) is 0 Å². The lowest BCUT2D eigenvalue weighted by atomic mass is 9.89. The molecule has 3 aromatic heterocycles. The fourth-order valence-electron chi connectivity index (χ4n) is 9.60. The van der Waals surface area contributed by atoms with Crippen molar-refractivity contribution in [1.82, 2.24) is 29.9 Å². The van der Waals surface area contributed by atoms with Crippen LogP contribution in [0.3, 0.4) is 0 Å². The fraction of sp³-hybridized carbons (Fsp3) is 0.0870. The molecule has 3 heterocycles. The first-order valence-corrected chi connectivity index (χ1v) is 29.9. The second-order valence-electron chi connectivity index (χ2n) is 20.5. The van der Waals surface area contributed by atoms with Crippen LogP contribution in [0.15, 0.2) is 200 Å². The summed E-state index contributed by atoms with van der Waals surface area (Å²) in [4.78, 5) is 23.8. The van der Waals surface area contributed by atoms with Crippen molar-refractivity contribution in [3.63, 3.8) is 0 Å². The van der Waals surface area contributed by atoms with Crippen molar-refractivity contribution in [3.8, 4) is 33.4 Å². The average Bonchev–Trinajstić information content (AvgIpc) is 4.04. The first-order chi connectivity index (χ1) is 40.4. The number of benzene rings is 9. The van der Waals surface area contributed by atoms with E-state index in [-0.39, 0.29) is 0 Å². The van der Waals surface area contributed by atoms with Gasteiger partial charge < -0.3 is 25.2 Å². The summed E-state index contributed by atoms with van der Waals surface area (Å²) in [5, 5.41) is 22.7. The summed E-state index contributed by atoms with van der Waals surface area (Å²) < 4.78 is 25.9. The van der Waals surface area contributed by atoms with E-state index in [1.165, 1.54) is 0 Å². The van der Waals surface area contributed by atoms with Crippen molar-refractivity contribution in [2.45, 2.75) is 32.5 Å². The first kappa shape index (κ1) is 58.4. The highest BCUT2D eigenvalue weighted by Gasteiger charge is 2.21. The number of H-pyrrole nitrogens is 3. The van der Waals surface area contributed by atoms with Gasteiger partial charge in [0.1, 0.15) is 17.5 Å². The summed E-state index contributed by atoms with van der Waals surface area (Å²) in [6, 6.07) is 64.1. The van der Waals surface area contributed by atoms with E-state index in [0.29, 0.717) is 20.8 Å². The van der Waals surface area contributed by atoms with Gasteiger partial charge in [-0.3, -0.25) is 4.72 Å². The number of rotatable bonds is 13. The summed E-state index contributed by atoms with van der Waals surface area (Å²) >= 11 is 18.1. The molecule has 420 valence electrons. The standard InChI is InChI=1S/C24H21ClN2O.C23H19ClN2O.C22H18ClN3O2S/c1-24(2,28)20-9-4-3-8-19(20)17-11-12-21-22(15-17)27-23(26-21)13-10-16-6-5-7-18(25)14-16;1-15(27)19-7-2-3-8-20(19)17-10-11-21-22(14-17)26-23(25-21)12-9-16-5-4-6-18(24)13-16;1-29(27,28)26-19-8-3-2-7-18(19)16-10-11-20-21(14-16)25-22(24-20)12-9-15-5-4-6-17(23)13-15/h3-15,28H,1-2H3,(H,26,27);2-15,27H,1H3,(H,25,26);2-14,26H,1H3,(H,24,25)/b13-10+;2*12-9+. The van der Waals surface area contributed by atoms with Gasteiger partial charge in [-0.05, 0) is 173 Å². The number of sulfonamides is 1. The molecule has 12 aromatic rings. The molecule has 0 aliphatic carbocycles. The molecule has 0 radical (unpaired) electrons. The second kappa shape index (κ2) is 25.7. The molecule has 11 nitrogen and oxygen atoms in total. The minimum atomic E-state index is -3.37. The molecule has 0 amide bonds. The highest BCUT2D eigenvalue weighted by Crippen LogP contribution is 2.35. The zero-order chi connectivity index (χ0) is 59.0. The lowest BCUT2D eigenvalue weighted by molar-refractivity contribution is 0.0792. The van der Waals surface area contributed by atoms with Crippen LogP contribution in [0.4, 0.5) is 5.69 Å². The van der Waals surface area contributed by atoms with Crippen LogP contribution < -0.4 is 4.72 Å². The Kier molecular flexibility index (Phi) is 17.9. The van der Waals surface area contributed by atoms with Crippen LogP contribution in [-0.2, 0) is 15.6 Å². The highest BCUT2D eigenvalue weighted by molar-refractivity contribution is 7.92. The minimum Gasteiger partial charge on any atom is -0.389 e. The number of nitrogens with one attached hydrogen (secondary N) is 4. The maximum Gasteiger partial charge on any atom is 0.229 e. The SMILES string of the molecule is CC(C)(O)c1ccccc1-c1ccc2nc(/C=C/c3cccc(Cl)c3)[nH]c2c1.CC(O)c1ccccc1-c1ccc2nc(/C=C/c3cccc(Cl)c3)[nH]c2c1.CS(=O)(=O)Nc1ccccc1-c1ccc2nc(/C=C/c3cccc(Cl)c3)[nH]c2c1. The Labute approximate surface area is 502 Å². The van der Waals surface area contributed by atoms with E-state index in [2.05, 4.69) is 46.8 Å². The number of anilines is 1. The molecule has 15 heteroatoms. The van der Waals surface area contributed by atoms with E-state index in [9.17, 15) is 18.6 Å². The Bertz CT molecular complexity index is 4540. The van der Waals surface area contributed by atoms with Crippen LogP contribution in [0, 0.1) is 0 Å². The van der Waals surface area contributed by atoms with Crippen LogP contribution in [0.5, 0.6) is 0 Å². The van der Waals surface area contributed by atoms with Gasteiger partial charge in [-0.2, -0.15) is 0 Å². The number of imidazole rings is 3. The van der Waals surface area contributed by atoms with Crippen LogP contribution in [0.1, 0.15) is 72.2 Å². The Morgan fingerprint density at radius 2 is 0.857 bits per heavy atom. The van der Waals surface area contributed by atoms with Crippen molar-refractivity contribution < 1.29 is 18.6 Å². The summed E-state index contributed by atoms with van der Waals surface area (Å²) in [7, 11) is -3.37. The number of fused-ring (bicyclic) bond motifs is 3. The molecular weight excluding hydrogens is 1130 g/mol. The predicted octanol–water partition coefficient (Wildman–Crippen LogP) is 17.8. The number of nitrogens with zero attached hydrogens (tertiary/aromatic N) is 3. The van der Waals surface area contributed by atoms with E-state index >= 15 is 0 Å². The molecule has 0 bridgehead atoms. The lowest BCUT2D eigenvalue weighted by Gasteiger charge is -2.21. The molecule has 0 fully saturated rings. The van der Waals surface area contributed by atoms with Crippen LogP contribution in [0.2, 0.25) is 15.1 Å². The molecule has 12 rings (SSSR count). The third kappa shape index (κ3) is 15.0. The Morgan fingerprint density at radius 1 is 0.476 bits per heavy atom. The number of aromatic nitrogens is 6. The summed E-state index contributed by atoms with van der Waals surface area (Å²) in [6.45, 7) is 5.39. The molecular formula is C69H58Cl3N7O4S. The third-order valence-electron chi connectivity index (χ3n) is 13.5. The third-order valence-corrected chi connectivity index (χ3v) is 14.8. The van der Waals surface area contributed by atoms with E-state index in [4.69, 9.17) is 34.8 Å². The highest BCUT2D eigenvalue weighted by atomic mass is 35.5. The van der Waals surface area contributed by atoms with Crippen molar-refractivity contribution in [2.75, 3.05) is 11.0 Å². The van der Waals surface area contributed by atoms with Crippen molar-refractivity contribution in [1.29, 1.82) is 0 Å². The molecule has 0 saturated heterocycles. The van der Waals surface area contributed by atoms with E-state index in [1.807, 2.05) is 212 Å². The number of hydrogen-bond donors (Lipinski definition) is 6. The Morgan fingerprint density at radius 3 is 1.27 bits per heavy atom. The molecule has 0 aliphatic heterocycles. The lowest BCUT2D eigenvalue weighted by Crippen LogP contribution is -2.16. The molecule has 1 atom stereocenters. The van der Waals surface area contributed by atoms with Gasteiger partial charge in [-0.15, -0.1) is 0 Å². The number of aliphatic hydroxyl groups is 2. The summed E-state index contributed by atoms with van der Waals surface area (Å²) in [5.41, 5.74) is 15.7. The van der Waals surface area contributed by atoms with Crippen molar-refractivity contribution in [3.05, 3.63) is 261 Å². The summed E-state index contributed by atoms with van der Waals surface area (Å²) in [6.07, 6.45) is 12.3. The van der Waals surface area contributed by atoms with Crippen LogP contribution in [-0.4, -0.2) is 54.8 Å². The maximum atomic E-state index is 11.7. The van der Waals surface area contributed by atoms with Gasteiger partial charge in [-0.25, -0.2) is 23.4 Å². The molecule has 84 heavy (non-hydrogen) atoms. The van der Waals surface area contributed by atoms with Crippen LogP contribution >= 0.6 is 34.8 Å². The zero-order valence-corrected chi connectivity index (χ0v) is 49.3. The topological polar surface area (TPSA) is 173 Å². The molecule has 0 aliphatic rings. The van der Waals surface area contributed by atoms with Crippen LogP contribution in [0.25, 0.3) is 103 Å². The molecule has 9 aromatic carbocycles. The monoisotopic (exact) mass is 1190 g/mol. The molecule has 0 spiro atoms. The largest absolute Gasteiger partial charge is 0.389 e. The average molecular weight is 1190 g/mol. The zero-order valence-electron chi connectivity index (χ0n) is 46.2. The van der Waals surface area contributed by atoms with Gasteiger partial charge in [0.15, 0.2) is 0 Å². The van der Waals surface area contributed by atoms with Gasteiger partial charge in [-0.1, -0.05) is 174 Å².